The van der Waals surface area contributed by atoms with E-state index in [9.17, 15) is 5.11 Å². The highest BCUT2D eigenvalue weighted by atomic mass is 16.4. The Bertz CT molecular complexity index is 233. The number of azide groups is 1. The summed E-state index contributed by atoms with van der Waals surface area (Å²) in [5, 5.41) is 56.3. The van der Waals surface area contributed by atoms with E-state index < -0.39 is 37.3 Å². The summed E-state index contributed by atoms with van der Waals surface area (Å²) in [6.45, 7) is -0.831. The maximum atomic E-state index is 9.17. The highest BCUT2D eigenvalue weighted by Gasteiger charge is 2.33. The average Bonchev–Trinajstić information content (AvgIpc) is 2.25. The molecule has 0 aromatic carbocycles. The lowest BCUT2D eigenvalue weighted by Crippen LogP contribution is -2.49. The average molecular weight is 223 g/mol. The van der Waals surface area contributed by atoms with Crippen LogP contribution in [0.2, 0.25) is 0 Å². The summed E-state index contributed by atoms with van der Waals surface area (Å²) >= 11 is 0. The molecule has 5 atom stereocenters. The molecule has 88 valence electrons. The zero-order valence-electron chi connectivity index (χ0n) is 7.62. The molecule has 1 unspecified atom stereocenters. The van der Waals surface area contributed by atoms with Crippen LogP contribution >= 0.6 is 0 Å². The van der Waals surface area contributed by atoms with Gasteiger partial charge in [-0.1, -0.05) is 5.11 Å². The lowest BCUT2D eigenvalue weighted by atomic mass is 10.0. The lowest BCUT2D eigenvalue weighted by molar-refractivity contribution is -0.138. The fourth-order valence-electron chi connectivity index (χ4n) is 0.835. The van der Waals surface area contributed by atoms with Crippen LogP contribution in [0, 0.1) is 0 Å². The fourth-order valence-corrected chi connectivity index (χ4v) is 0.835. The summed E-state index contributed by atoms with van der Waals surface area (Å²) in [4.78, 5) is 2.17. The Hall–Kier alpha value is -0.930. The van der Waals surface area contributed by atoms with Gasteiger partial charge in [-0.2, -0.15) is 0 Å². The first-order chi connectivity index (χ1) is 6.95. The molecule has 6 N–H and O–H groups in total. The van der Waals surface area contributed by atoms with Crippen molar-refractivity contribution in [1.82, 2.24) is 0 Å². The quantitative estimate of drug-likeness (QED) is 0.160. The summed E-state index contributed by atoms with van der Waals surface area (Å²) in [6, 6.07) is 0. The van der Waals surface area contributed by atoms with Gasteiger partial charge in [0.1, 0.15) is 24.4 Å². The lowest BCUT2D eigenvalue weighted by Gasteiger charge is -2.26. The van der Waals surface area contributed by atoms with Crippen molar-refractivity contribution in [3.63, 3.8) is 0 Å². The van der Waals surface area contributed by atoms with Crippen LogP contribution in [0.4, 0.5) is 0 Å². The van der Waals surface area contributed by atoms with Gasteiger partial charge in [0.2, 0.25) is 0 Å². The molecule has 0 bridgehead atoms. The van der Waals surface area contributed by atoms with Gasteiger partial charge in [0.25, 0.3) is 0 Å². The second-order valence-electron chi connectivity index (χ2n) is 2.84. The molecule has 0 rings (SSSR count). The predicted octanol–water partition coefficient (Wildman–Crippen LogP) is -2.95. The van der Waals surface area contributed by atoms with Crippen molar-refractivity contribution < 1.29 is 30.6 Å². The summed E-state index contributed by atoms with van der Waals surface area (Å²) in [7, 11) is 0. The molecule has 15 heavy (non-hydrogen) atoms. The van der Waals surface area contributed by atoms with Gasteiger partial charge in [0, 0.05) is 4.91 Å². The zero-order valence-corrected chi connectivity index (χ0v) is 7.62. The molecule has 0 saturated heterocycles. The fraction of sp³-hybridized carbons (Fsp3) is 1.00. The summed E-state index contributed by atoms with van der Waals surface area (Å²) in [5.41, 5.74) is 7.92. The van der Waals surface area contributed by atoms with Crippen LogP contribution in [0.25, 0.3) is 10.4 Å². The highest BCUT2D eigenvalue weighted by molar-refractivity contribution is 4.83. The molecule has 0 heterocycles. The van der Waals surface area contributed by atoms with Crippen molar-refractivity contribution in [1.29, 1.82) is 0 Å². The molecular formula is C6H13N3O6. The Morgan fingerprint density at radius 2 is 1.53 bits per heavy atom. The first-order valence-electron chi connectivity index (χ1n) is 4.01. The number of hydrogen-bond donors (Lipinski definition) is 6. The van der Waals surface area contributed by atoms with E-state index in [4.69, 9.17) is 31.1 Å². The minimum atomic E-state index is -1.96. The molecule has 0 aliphatic rings. The predicted molar refractivity (Wildman–Crippen MR) is 46.3 cm³/mol. The molecule has 0 fully saturated rings. The number of nitrogens with zero attached hydrogens (tertiary/aromatic N) is 3. The molecule has 0 aromatic heterocycles. The van der Waals surface area contributed by atoms with Gasteiger partial charge in [0.15, 0.2) is 6.23 Å². The maximum absolute atomic E-state index is 9.17. The van der Waals surface area contributed by atoms with Gasteiger partial charge in [-0.25, -0.2) is 0 Å². The second kappa shape index (κ2) is 6.53. The molecule has 0 amide bonds. The van der Waals surface area contributed by atoms with E-state index in [0.717, 1.165) is 0 Å². The normalized spacial score (nSPS) is 20.9. The van der Waals surface area contributed by atoms with Gasteiger partial charge in [-0.05, 0) is 5.53 Å². The Balaban J connectivity index is 4.41. The van der Waals surface area contributed by atoms with Crippen LogP contribution in [-0.4, -0.2) is 67.9 Å². The molecule has 0 aromatic rings. The molecule has 0 radical (unpaired) electrons. The standard InChI is InChI=1S/C6H13N3O6/c7-9-8-6(15)5(14)4(13)3(12)2(11)1-10/h2-6,10-15H,1H2/t2-,3-,4+,5+,6?/m1/s1. The van der Waals surface area contributed by atoms with E-state index in [1.165, 1.54) is 0 Å². The van der Waals surface area contributed by atoms with Gasteiger partial charge < -0.3 is 30.6 Å². The topological polar surface area (TPSA) is 170 Å². The van der Waals surface area contributed by atoms with Crippen molar-refractivity contribution >= 4 is 0 Å². The largest absolute Gasteiger partial charge is 0.394 e. The van der Waals surface area contributed by atoms with Crippen molar-refractivity contribution in [2.24, 2.45) is 5.11 Å². The number of rotatable bonds is 6. The highest BCUT2D eigenvalue weighted by Crippen LogP contribution is 2.09. The third-order valence-corrected chi connectivity index (χ3v) is 1.76. The van der Waals surface area contributed by atoms with Crippen LogP contribution in [0.15, 0.2) is 5.11 Å². The van der Waals surface area contributed by atoms with Crippen LogP contribution in [0.1, 0.15) is 0 Å². The first kappa shape index (κ1) is 14.1. The molecule has 0 aliphatic heterocycles. The Morgan fingerprint density at radius 1 is 1.00 bits per heavy atom. The Morgan fingerprint density at radius 3 is 1.93 bits per heavy atom. The van der Waals surface area contributed by atoms with Gasteiger partial charge in [-0.3, -0.25) is 0 Å². The first-order valence-corrected chi connectivity index (χ1v) is 4.01. The van der Waals surface area contributed by atoms with E-state index >= 15 is 0 Å². The Labute approximate surface area is 84.5 Å². The van der Waals surface area contributed by atoms with Crippen molar-refractivity contribution in [3.8, 4) is 0 Å². The van der Waals surface area contributed by atoms with Crippen molar-refractivity contribution in [2.75, 3.05) is 6.61 Å². The molecule has 0 spiro atoms. The van der Waals surface area contributed by atoms with Crippen molar-refractivity contribution in [2.45, 2.75) is 30.6 Å². The van der Waals surface area contributed by atoms with E-state index in [-0.39, 0.29) is 0 Å². The summed E-state index contributed by atoms with van der Waals surface area (Å²) < 4.78 is 0. The van der Waals surface area contributed by atoms with Crippen LogP contribution in [0.5, 0.6) is 0 Å². The van der Waals surface area contributed by atoms with E-state index in [2.05, 4.69) is 10.0 Å². The molecule has 0 saturated carbocycles. The molecule has 0 aliphatic carbocycles. The van der Waals surface area contributed by atoms with Gasteiger partial charge in [0.05, 0.1) is 6.61 Å². The molecular weight excluding hydrogens is 210 g/mol. The SMILES string of the molecule is [N-]=[N+]=NC(O)[C@@H](O)[C@@H](O)[C@H](O)[C@H](O)CO. The number of aliphatic hydroxyl groups is 6. The third-order valence-electron chi connectivity index (χ3n) is 1.76. The minimum absolute atomic E-state index is 0.831. The monoisotopic (exact) mass is 223 g/mol. The summed E-state index contributed by atoms with van der Waals surface area (Å²) in [5.74, 6) is 0. The third kappa shape index (κ3) is 3.98. The van der Waals surface area contributed by atoms with Crippen molar-refractivity contribution in [3.05, 3.63) is 10.4 Å². The smallest absolute Gasteiger partial charge is 0.161 e. The number of aliphatic hydroxyl groups excluding tert-OH is 6. The number of hydrogen-bond acceptors (Lipinski definition) is 7. The summed E-state index contributed by atoms with van der Waals surface area (Å²) in [6.07, 6.45) is -9.41. The minimum Gasteiger partial charge on any atom is -0.394 e. The van der Waals surface area contributed by atoms with E-state index in [0.29, 0.717) is 0 Å². The van der Waals surface area contributed by atoms with Crippen LogP contribution in [-0.2, 0) is 0 Å². The Kier molecular flexibility index (Phi) is 6.13. The van der Waals surface area contributed by atoms with Crippen LogP contribution < -0.4 is 0 Å². The van der Waals surface area contributed by atoms with Gasteiger partial charge >= 0.3 is 0 Å². The van der Waals surface area contributed by atoms with E-state index in [1.807, 2.05) is 0 Å². The van der Waals surface area contributed by atoms with Crippen LogP contribution in [0.3, 0.4) is 0 Å². The zero-order chi connectivity index (χ0) is 12.0. The van der Waals surface area contributed by atoms with E-state index in [1.54, 1.807) is 0 Å². The van der Waals surface area contributed by atoms with Gasteiger partial charge in [-0.15, -0.1) is 0 Å². The second-order valence-corrected chi connectivity index (χ2v) is 2.84. The maximum Gasteiger partial charge on any atom is 0.161 e. The molecule has 9 heteroatoms. The molecule has 9 nitrogen and oxygen atoms in total.